The molecule has 88 valence electrons. The summed E-state index contributed by atoms with van der Waals surface area (Å²) in [6.07, 6.45) is 0.898. The van der Waals surface area contributed by atoms with Gasteiger partial charge in [-0.05, 0) is 38.5 Å². The van der Waals surface area contributed by atoms with Gasteiger partial charge < -0.3 is 9.47 Å². The van der Waals surface area contributed by atoms with Gasteiger partial charge in [-0.2, -0.15) is 0 Å². The topological polar surface area (TPSA) is 35.5 Å². The molecule has 0 amide bonds. The predicted octanol–water partition coefficient (Wildman–Crippen LogP) is 3.04. The maximum Gasteiger partial charge on any atom is 0.337 e. The highest BCUT2D eigenvalue weighted by Gasteiger charge is 2.17. The van der Waals surface area contributed by atoms with Crippen molar-refractivity contribution in [1.29, 1.82) is 0 Å². The van der Waals surface area contributed by atoms with Crippen LogP contribution in [0, 0.1) is 0 Å². The van der Waals surface area contributed by atoms with Crippen molar-refractivity contribution in [3.8, 4) is 5.75 Å². The molecule has 0 radical (unpaired) electrons. The third kappa shape index (κ3) is 3.26. The lowest BCUT2D eigenvalue weighted by molar-refractivity contribution is 0.0598. The van der Waals surface area contributed by atoms with Crippen LogP contribution in [0.4, 0.5) is 0 Å². The Bertz CT molecular complexity index is 369. The average Bonchev–Trinajstić information content (AvgIpc) is 2.28. The number of rotatable bonds is 4. The van der Waals surface area contributed by atoms with E-state index in [2.05, 4.69) is 11.7 Å². The van der Waals surface area contributed by atoms with Crippen LogP contribution >= 0.6 is 0 Å². The van der Waals surface area contributed by atoms with Crippen LogP contribution in [-0.2, 0) is 4.74 Å². The summed E-state index contributed by atoms with van der Waals surface area (Å²) in [6, 6.07) is 7.03. The number of methoxy groups -OCH3 is 1. The van der Waals surface area contributed by atoms with E-state index in [-0.39, 0.29) is 11.6 Å². The predicted molar refractivity (Wildman–Crippen MR) is 62.8 cm³/mol. The molecule has 3 nitrogen and oxygen atoms in total. The van der Waals surface area contributed by atoms with Crippen molar-refractivity contribution >= 4 is 5.97 Å². The second-order valence-electron chi connectivity index (χ2n) is 4.23. The minimum atomic E-state index is -0.347. The molecule has 0 heterocycles. The zero-order valence-electron chi connectivity index (χ0n) is 10.2. The Morgan fingerprint density at radius 3 is 2.62 bits per heavy atom. The molecule has 0 N–H and O–H groups in total. The largest absolute Gasteiger partial charge is 0.488 e. The van der Waals surface area contributed by atoms with Crippen molar-refractivity contribution in [2.24, 2.45) is 0 Å². The summed E-state index contributed by atoms with van der Waals surface area (Å²) in [5, 5.41) is 0. The van der Waals surface area contributed by atoms with E-state index in [1.54, 1.807) is 18.2 Å². The highest BCUT2D eigenvalue weighted by molar-refractivity contribution is 5.89. The molecule has 0 atom stereocenters. The summed E-state index contributed by atoms with van der Waals surface area (Å²) >= 11 is 0. The molecule has 0 unspecified atom stereocenters. The number of carbonyl (C=O) groups excluding carboxylic acids is 1. The fourth-order valence-electron chi connectivity index (χ4n) is 1.20. The van der Waals surface area contributed by atoms with E-state index in [1.807, 2.05) is 19.9 Å². The van der Waals surface area contributed by atoms with Gasteiger partial charge >= 0.3 is 5.97 Å². The molecule has 0 aromatic heterocycles. The molecule has 1 aromatic rings. The fraction of sp³-hybridized carbons (Fsp3) is 0.462. The number of benzene rings is 1. The van der Waals surface area contributed by atoms with Crippen molar-refractivity contribution in [2.45, 2.75) is 32.8 Å². The highest BCUT2D eigenvalue weighted by Crippen LogP contribution is 2.21. The van der Waals surface area contributed by atoms with Crippen molar-refractivity contribution in [1.82, 2.24) is 0 Å². The first kappa shape index (κ1) is 12.6. The van der Waals surface area contributed by atoms with E-state index >= 15 is 0 Å². The van der Waals surface area contributed by atoms with Gasteiger partial charge in [0.05, 0.1) is 12.7 Å². The first-order valence-corrected chi connectivity index (χ1v) is 5.36. The fourth-order valence-corrected chi connectivity index (χ4v) is 1.20. The number of ether oxygens (including phenoxy) is 2. The molecule has 0 aliphatic carbocycles. The summed E-state index contributed by atoms with van der Waals surface area (Å²) < 4.78 is 10.4. The summed E-state index contributed by atoms with van der Waals surface area (Å²) in [6.45, 7) is 6.08. The van der Waals surface area contributed by atoms with E-state index in [4.69, 9.17) is 4.74 Å². The molecule has 0 saturated heterocycles. The molecule has 3 heteroatoms. The number of hydrogen-bond acceptors (Lipinski definition) is 3. The smallest absolute Gasteiger partial charge is 0.337 e. The van der Waals surface area contributed by atoms with Crippen LogP contribution in [0.5, 0.6) is 5.75 Å². The maximum absolute atomic E-state index is 11.3. The Morgan fingerprint density at radius 1 is 1.38 bits per heavy atom. The number of carbonyl (C=O) groups is 1. The van der Waals surface area contributed by atoms with Gasteiger partial charge in [-0.15, -0.1) is 0 Å². The van der Waals surface area contributed by atoms with Crippen LogP contribution in [0.25, 0.3) is 0 Å². The van der Waals surface area contributed by atoms with E-state index in [0.717, 1.165) is 6.42 Å². The number of esters is 1. The zero-order chi connectivity index (χ0) is 12.2. The van der Waals surface area contributed by atoms with Crippen LogP contribution in [0.15, 0.2) is 24.3 Å². The molecule has 0 fully saturated rings. The summed E-state index contributed by atoms with van der Waals surface area (Å²) in [5.41, 5.74) is 0.279. The Labute approximate surface area is 96.4 Å². The quantitative estimate of drug-likeness (QED) is 0.734. The minimum absolute atomic E-state index is 0.227. The Balaban J connectivity index is 2.87. The lowest BCUT2D eigenvalue weighted by Gasteiger charge is -2.24. The third-order valence-electron chi connectivity index (χ3n) is 2.50. The lowest BCUT2D eigenvalue weighted by atomic mass is 10.1. The van der Waals surface area contributed by atoms with Gasteiger partial charge in [-0.25, -0.2) is 4.79 Å². The molecule has 0 spiro atoms. The van der Waals surface area contributed by atoms with Gasteiger partial charge in [0.2, 0.25) is 0 Å². The molecule has 0 aliphatic heterocycles. The lowest BCUT2D eigenvalue weighted by Crippen LogP contribution is -2.26. The van der Waals surface area contributed by atoms with Crippen LogP contribution in [0.1, 0.15) is 37.6 Å². The van der Waals surface area contributed by atoms with Crippen molar-refractivity contribution in [2.75, 3.05) is 7.11 Å². The third-order valence-corrected chi connectivity index (χ3v) is 2.50. The van der Waals surface area contributed by atoms with Gasteiger partial charge in [0.25, 0.3) is 0 Å². The molecule has 0 aliphatic rings. The van der Waals surface area contributed by atoms with Crippen LogP contribution in [0.2, 0.25) is 0 Å². The van der Waals surface area contributed by atoms with Gasteiger partial charge in [0.1, 0.15) is 11.4 Å². The summed E-state index contributed by atoms with van der Waals surface area (Å²) in [4.78, 5) is 11.3. The van der Waals surface area contributed by atoms with Crippen molar-refractivity contribution in [3.05, 3.63) is 29.8 Å². The summed E-state index contributed by atoms with van der Waals surface area (Å²) in [5.74, 6) is 0.342. The Morgan fingerprint density at radius 2 is 2.06 bits per heavy atom. The van der Waals surface area contributed by atoms with E-state index in [0.29, 0.717) is 11.3 Å². The maximum atomic E-state index is 11.3. The SMILES string of the molecule is CCC(C)(C)Oc1cccc(C(=O)OC)c1. The second kappa shape index (κ2) is 5.01. The van der Waals surface area contributed by atoms with Crippen LogP contribution < -0.4 is 4.74 Å². The van der Waals surface area contributed by atoms with Crippen molar-refractivity contribution in [3.63, 3.8) is 0 Å². The van der Waals surface area contributed by atoms with Crippen molar-refractivity contribution < 1.29 is 14.3 Å². The number of hydrogen-bond donors (Lipinski definition) is 0. The molecular weight excluding hydrogens is 204 g/mol. The van der Waals surface area contributed by atoms with E-state index in [1.165, 1.54) is 7.11 Å². The average molecular weight is 222 g/mol. The molecular formula is C13H18O3. The second-order valence-corrected chi connectivity index (χ2v) is 4.23. The Kier molecular flexibility index (Phi) is 3.93. The minimum Gasteiger partial charge on any atom is -0.488 e. The van der Waals surface area contributed by atoms with Crippen LogP contribution in [0.3, 0.4) is 0 Å². The van der Waals surface area contributed by atoms with Gasteiger partial charge in [-0.3, -0.25) is 0 Å². The molecule has 1 rings (SSSR count). The van der Waals surface area contributed by atoms with E-state index < -0.39 is 0 Å². The standard InChI is InChI=1S/C13H18O3/c1-5-13(2,3)16-11-8-6-7-10(9-11)12(14)15-4/h6-9H,5H2,1-4H3. The van der Waals surface area contributed by atoms with Gasteiger partial charge in [0.15, 0.2) is 0 Å². The van der Waals surface area contributed by atoms with Gasteiger partial charge in [-0.1, -0.05) is 13.0 Å². The monoisotopic (exact) mass is 222 g/mol. The molecule has 0 saturated carbocycles. The molecule has 1 aromatic carbocycles. The Hall–Kier alpha value is -1.51. The van der Waals surface area contributed by atoms with Gasteiger partial charge in [0, 0.05) is 0 Å². The highest BCUT2D eigenvalue weighted by atomic mass is 16.5. The first-order chi connectivity index (χ1) is 7.48. The zero-order valence-corrected chi connectivity index (χ0v) is 10.2. The van der Waals surface area contributed by atoms with Crippen LogP contribution in [-0.4, -0.2) is 18.7 Å². The normalized spacial score (nSPS) is 11.0. The first-order valence-electron chi connectivity index (χ1n) is 5.36. The van der Waals surface area contributed by atoms with E-state index in [9.17, 15) is 4.79 Å². The molecule has 0 bridgehead atoms. The summed E-state index contributed by atoms with van der Waals surface area (Å²) in [7, 11) is 1.37. The molecule has 16 heavy (non-hydrogen) atoms.